The van der Waals surface area contributed by atoms with Crippen LogP contribution >= 0.6 is 0 Å². The van der Waals surface area contributed by atoms with Gasteiger partial charge in [-0.3, -0.25) is 0 Å². The van der Waals surface area contributed by atoms with Crippen molar-refractivity contribution in [1.29, 1.82) is 0 Å². The molecule has 2 N–H and O–H groups in total. The smallest absolute Gasteiger partial charge is 0.0840 e. The Morgan fingerprint density at radius 3 is 1.89 bits per heavy atom. The lowest BCUT2D eigenvalue weighted by atomic mass is 9.80. The standard InChI is InChI=1S/C17H28O2/c1-16(2,3)14(18)11-12-9-7-8-10-13(12)15(19)17(4,5)6/h7-10,14-15,18-19H,11H2,1-6H3. The van der Waals surface area contributed by atoms with Crippen LogP contribution in [0.25, 0.3) is 0 Å². The fraction of sp³-hybridized carbons (Fsp3) is 0.647. The second-order valence-electron chi connectivity index (χ2n) is 7.55. The third-order valence-electron chi connectivity index (χ3n) is 3.58. The van der Waals surface area contributed by atoms with Crippen LogP contribution in [0, 0.1) is 10.8 Å². The van der Waals surface area contributed by atoms with E-state index < -0.39 is 12.2 Å². The molecule has 1 aromatic carbocycles. The molecule has 1 rings (SSSR count). The number of hydrogen-bond donors (Lipinski definition) is 2. The molecule has 0 aliphatic carbocycles. The summed E-state index contributed by atoms with van der Waals surface area (Å²) in [4.78, 5) is 0. The van der Waals surface area contributed by atoms with E-state index in [1.165, 1.54) is 0 Å². The lowest BCUT2D eigenvalue weighted by molar-refractivity contribution is 0.0531. The summed E-state index contributed by atoms with van der Waals surface area (Å²) in [5.74, 6) is 0. The SMILES string of the molecule is CC(C)(C)C(O)Cc1ccccc1C(O)C(C)(C)C. The first-order valence-corrected chi connectivity index (χ1v) is 6.97. The zero-order chi connectivity index (χ0) is 14.8. The Bertz CT molecular complexity index is 410. The van der Waals surface area contributed by atoms with E-state index in [9.17, 15) is 10.2 Å². The van der Waals surface area contributed by atoms with Crippen molar-refractivity contribution in [3.63, 3.8) is 0 Å². The Kier molecular flexibility index (Phi) is 4.81. The molecule has 0 amide bonds. The maximum atomic E-state index is 10.5. The second-order valence-corrected chi connectivity index (χ2v) is 7.55. The van der Waals surface area contributed by atoms with Gasteiger partial charge < -0.3 is 10.2 Å². The zero-order valence-corrected chi connectivity index (χ0v) is 13.1. The number of aliphatic hydroxyl groups is 2. The highest BCUT2D eigenvalue weighted by Gasteiger charge is 2.28. The first-order valence-electron chi connectivity index (χ1n) is 6.97. The molecular weight excluding hydrogens is 236 g/mol. The lowest BCUT2D eigenvalue weighted by Gasteiger charge is -2.30. The predicted molar refractivity (Wildman–Crippen MR) is 80.0 cm³/mol. The van der Waals surface area contributed by atoms with E-state index in [2.05, 4.69) is 0 Å². The van der Waals surface area contributed by atoms with Crippen molar-refractivity contribution in [3.05, 3.63) is 35.4 Å². The van der Waals surface area contributed by atoms with Gasteiger partial charge in [-0.05, 0) is 28.4 Å². The predicted octanol–water partition coefficient (Wildman–Crippen LogP) is 3.72. The number of rotatable bonds is 3. The summed E-state index contributed by atoms with van der Waals surface area (Å²) in [5, 5.41) is 20.7. The van der Waals surface area contributed by atoms with Gasteiger partial charge in [0.05, 0.1) is 12.2 Å². The molecule has 19 heavy (non-hydrogen) atoms. The average Bonchev–Trinajstić information content (AvgIpc) is 2.26. The van der Waals surface area contributed by atoms with Gasteiger partial charge in [0.2, 0.25) is 0 Å². The van der Waals surface area contributed by atoms with Crippen LogP contribution in [0.3, 0.4) is 0 Å². The Hall–Kier alpha value is -0.860. The number of hydrogen-bond acceptors (Lipinski definition) is 2. The average molecular weight is 264 g/mol. The van der Waals surface area contributed by atoms with Gasteiger partial charge in [0.15, 0.2) is 0 Å². The fourth-order valence-electron chi connectivity index (χ4n) is 1.97. The third kappa shape index (κ3) is 4.32. The van der Waals surface area contributed by atoms with Crippen LogP contribution in [0.15, 0.2) is 24.3 Å². The van der Waals surface area contributed by atoms with E-state index in [4.69, 9.17) is 0 Å². The van der Waals surface area contributed by atoms with Crippen molar-refractivity contribution in [2.24, 2.45) is 10.8 Å². The van der Waals surface area contributed by atoms with Gasteiger partial charge in [0.25, 0.3) is 0 Å². The van der Waals surface area contributed by atoms with E-state index >= 15 is 0 Å². The fourth-order valence-corrected chi connectivity index (χ4v) is 1.97. The zero-order valence-electron chi connectivity index (χ0n) is 13.1. The monoisotopic (exact) mass is 264 g/mol. The minimum Gasteiger partial charge on any atom is -0.392 e. The van der Waals surface area contributed by atoms with Crippen LogP contribution in [-0.2, 0) is 6.42 Å². The van der Waals surface area contributed by atoms with Crippen LogP contribution in [-0.4, -0.2) is 16.3 Å². The number of benzene rings is 1. The van der Waals surface area contributed by atoms with E-state index in [1.54, 1.807) is 0 Å². The van der Waals surface area contributed by atoms with E-state index in [0.29, 0.717) is 6.42 Å². The minimum absolute atomic E-state index is 0.153. The van der Waals surface area contributed by atoms with Crippen LogP contribution < -0.4 is 0 Å². The highest BCUT2D eigenvalue weighted by atomic mass is 16.3. The van der Waals surface area contributed by atoms with Crippen LogP contribution in [0.1, 0.15) is 58.8 Å². The second kappa shape index (κ2) is 5.64. The maximum Gasteiger partial charge on any atom is 0.0840 e. The Morgan fingerprint density at radius 1 is 0.895 bits per heavy atom. The summed E-state index contributed by atoms with van der Waals surface area (Å²) in [6.45, 7) is 12.2. The molecule has 0 aliphatic heterocycles. The first-order chi connectivity index (χ1) is 8.53. The minimum atomic E-state index is -0.518. The normalized spacial score (nSPS) is 16.2. The molecular formula is C17H28O2. The molecule has 0 aromatic heterocycles. The summed E-state index contributed by atoms with van der Waals surface area (Å²) < 4.78 is 0. The van der Waals surface area contributed by atoms with E-state index in [-0.39, 0.29) is 10.8 Å². The van der Waals surface area contributed by atoms with Crippen molar-refractivity contribution in [2.75, 3.05) is 0 Å². The van der Waals surface area contributed by atoms with Crippen LogP contribution in [0.2, 0.25) is 0 Å². The first kappa shape index (κ1) is 16.2. The molecule has 0 saturated heterocycles. The molecule has 1 aromatic rings. The summed E-state index contributed by atoms with van der Waals surface area (Å²) in [6.07, 6.45) is -0.357. The van der Waals surface area contributed by atoms with Crippen molar-refractivity contribution >= 4 is 0 Å². The molecule has 0 aliphatic rings. The third-order valence-corrected chi connectivity index (χ3v) is 3.58. The molecule has 0 radical (unpaired) electrons. The van der Waals surface area contributed by atoms with Crippen LogP contribution in [0.5, 0.6) is 0 Å². The molecule has 0 spiro atoms. The Labute approximate surface area is 117 Å². The summed E-state index contributed by atoms with van der Waals surface area (Å²) in [7, 11) is 0. The van der Waals surface area contributed by atoms with E-state index in [0.717, 1.165) is 11.1 Å². The Balaban J connectivity index is 3.04. The summed E-state index contributed by atoms with van der Waals surface area (Å²) in [5.41, 5.74) is 1.61. The van der Waals surface area contributed by atoms with Gasteiger partial charge in [0, 0.05) is 0 Å². The summed E-state index contributed by atoms with van der Waals surface area (Å²) in [6, 6.07) is 7.86. The number of aliphatic hydroxyl groups excluding tert-OH is 2. The van der Waals surface area contributed by atoms with Crippen molar-refractivity contribution in [3.8, 4) is 0 Å². The van der Waals surface area contributed by atoms with Crippen molar-refractivity contribution < 1.29 is 10.2 Å². The van der Waals surface area contributed by atoms with Crippen molar-refractivity contribution in [2.45, 2.75) is 60.2 Å². The van der Waals surface area contributed by atoms with E-state index in [1.807, 2.05) is 65.8 Å². The van der Waals surface area contributed by atoms with Gasteiger partial charge in [-0.15, -0.1) is 0 Å². The molecule has 2 unspecified atom stereocenters. The molecule has 0 bridgehead atoms. The van der Waals surface area contributed by atoms with Gasteiger partial charge in [-0.1, -0.05) is 65.8 Å². The largest absolute Gasteiger partial charge is 0.392 e. The highest BCUT2D eigenvalue weighted by molar-refractivity contribution is 5.31. The molecule has 2 nitrogen and oxygen atoms in total. The molecule has 108 valence electrons. The topological polar surface area (TPSA) is 40.5 Å². The Morgan fingerprint density at radius 2 is 1.42 bits per heavy atom. The molecule has 0 heterocycles. The van der Waals surface area contributed by atoms with Gasteiger partial charge in [-0.25, -0.2) is 0 Å². The molecule has 0 saturated carbocycles. The highest BCUT2D eigenvalue weighted by Crippen LogP contribution is 2.35. The molecule has 2 heteroatoms. The quantitative estimate of drug-likeness (QED) is 0.873. The molecule has 2 atom stereocenters. The lowest BCUT2D eigenvalue weighted by Crippen LogP contribution is -2.29. The van der Waals surface area contributed by atoms with Crippen molar-refractivity contribution in [1.82, 2.24) is 0 Å². The van der Waals surface area contributed by atoms with Gasteiger partial charge in [-0.2, -0.15) is 0 Å². The van der Waals surface area contributed by atoms with Gasteiger partial charge in [0.1, 0.15) is 0 Å². The van der Waals surface area contributed by atoms with Crippen LogP contribution in [0.4, 0.5) is 0 Å². The van der Waals surface area contributed by atoms with Gasteiger partial charge >= 0.3 is 0 Å². The molecule has 0 fully saturated rings. The maximum absolute atomic E-state index is 10.5. The summed E-state index contributed by atoms with van der Waals surface area (Å²) >= 11 is 0.